The minimum Gasteiger partial charge on any atom is -0.368 e. The van der Waals surface area contributed by atoms with Crippen molar-refractivity contribution in [2.75, 3.05) is 5.73 Å². The van der Waals surface area contributed by atoms with Crippen LogP contribution in [0.5, 0.6) is 0 Å². The number of rotatable bonds is 1. The van der Waals surface area contributed by atoms with E-state index >= 15 is 0 Å². The van der Waals surface area contributed by atoms with Gasteiger partial charge in [0.05, 0.1) is 11.4 Å². The highest BCUT2D eigenvalue weighted by atomic mass is 35.5. The van der Waals surface area contributed by atoms with Gasteiger partial charge in [-0.3, -0.25) is 0 Å². The first-order valence-corrected chi connectivity index (χ1v) is 6.15. The summed E-state index contributed by atoms with van der Waals surface area (Å²) >= 11 is 5.88. The Morgan fingerprint density at radius 3 is 2.22 bits per heavy atom. The number of nitrogens with zero attached hydrogens (tertiary/aromatic N) is 2. The first kappa shape index (κ1) is 12.8. The van der Waals surface area contributed by atoms with Gasteiger partial charge in [-0.05, 0) is 18.2 Å². The van der Waals surface area contributed by atoms with E-state index in [0.717, 1.165) is 17.0 Å². The molecular formula is C14H16ClN3. The van der Waals surface area contributed by atoms with Crippen molar-refractivity contribution >= 4 is 17.5 Å². The first-order valence-electron chi connectivity index (χ1n) is 5.77. The number of halogens is 1. The maximum Gasteiger partial charge on any atom is 0.220 e. The fraction of sp³-hybridized carbons (Fsp3) is 0.286. The van der Waals surface area contributed by atoms with E-state index in [1.165, 1.54) is 0 Å². The lowest BCUT2D eigenvalue weighted by molar-refractivity contribution is 0.568. The number of hydrogen-bond acceptors (Lipinski definition) is 3. The summed E-state index contributed by atoms with van der Waals surface area (Å²) < 4.78 is 0. The van der Waals surface area contributed by atoms with E-state index in [0.29, 0.717) is 11.0 Å². The molecule has 0 saturated carbocycles. The summed E-state index contributed by atoms with van der Waals surface area (Å²) in [7, 11) is 0. The highest BCUT2D eigenvalue weighted by Crippen LogP contribution is 2.26. The van der Waals surface area contributed by atoms with Crippen LogP contribution in [0, 0.1) is 0 Å². The average Bonchev–Trinajstić information content (AvgIpc) is 2.28. The molecule has 0 spiro atoms. The third-order valence-corrected chi connectivity index (χ3v) is 2.90. The van der Waals surface area contributed by atoms with Crippen LogP contribution in [-0.4, -0.2) is 9.97 Å². The van der Waals surface area contributed by atoms with Gasteiger partial charge in [-0.2, -0.15) is 0 Å². The number of anilines is 1. The maximum absolute atomic E-state index is 5.88. The van der Waals surface area contributed by atoms with E-state index in [2.05, 4.69) is 30.7 Å². The third-order valence-electron chi connectivity index (χ3n) is 2.65. The zero-order valence-corrected chi connectivity index (χ0v) is 11.5. The van der Waals surface area contributed by atoms with Gasteiger partial charge in [0.1, 0.15) is 0 Å². The van der Waals surface area contributed by atoms with Gasteiger partial charge >= 0.3 is 0 Å². The Morgan fingerprint density at radius 2 is 1.67 bits per heavy atom. The Kier molecular flexibility index (Phi) is 3.26. The van der Waals surface area contributed by atoms with Crippen molar-refractivity contribution in [2.24, 2.45) is 0 Å². The van der Waals surface area contributed by atoms with Gasteiger partial charge in [-0.25, -0.2) is 9.97 Å². The van der Waals surface area contributed by atoms with Gasteiger partial charge in [0.15, 0.2) is 0 Å². The van der Waals surface area contributed by atoms with Crippen molar-refractivity contribution in [3.8, 4) is 11.3 Å². The molecule has 0 bridgehead atoms. The molecule has 0 unspecified atom stereocenters. The molecule has 4 heteroatoms. The summed E-state index contributed by atoms with van der Waals surface area (Å²) in [6.45, 7) is 6.29. The molecule has 1 aromatic heterocycles. The molecule has 3 nitrogen and oxygen atoms in total. The van der Waals surface area contributed by atoms with Crippen molar-refractivity contribution < 1.29 is 0 Å². The Balaban J connectivity index is 2.52. The Bertz CT molecular complexity index is 556. The monoisotopic (exact) mass is 261 g/mol. The second kappa shape index (κ2) is 4.58. The van der Waals surface area contributed by atoms with Crippen LogP contribution in [-0.2, 0) is 5.41 Å². The molecular weight excluding hydrogens is 246 g/mol. The fourth-order valence-corrected chi connectivity index (χ4v) is 1.74. The van der Waals surface area contributed by atoms with Gasteiger partial charge in [0, 0.05) is 16.0 Å². The topological polar surface area (TPSA) is 51.8 Å². The fourth-order valence-electron chi connectivity index (χ4n) is 1.62. The summed E-state index contributed by atoms with van der Waals surface area (Å²) in [5, 5.41) is 0.705. The average molecular weight is 262 g/mol. The molecule has 0 aliphatic carbocycles. The van der Waals surface area contributed by atoms with Crippen molar-refractivity contribution in [3.63, 3.8) is 0 Å². The minimum atomic E-state index is -0.0573. The summed E-state index contributed by atoms with van der Waals surface area (Å²) in [6.07, 6.45) is 0. The first-order chi connectivity index (χ1) is 8.36. The van der Waals surface area contributed by atoms with Crippen LogP contribution < -0.4 is 5.73 Å². The van der Waals surface area contributed by atoms with E-state index in [1.54, 1.807) is 0 Å². The van der Waals surface area contributed by atoms with Crippen LogP contribution in [0.4, 0.5) is 5.95 Å². The number of aromatic nitrogens is 2. The number of nitrogen functional groups attached to an aromatic ring is 1. The standard InChI is InChI=1S/C14H16ClN3/c1-14(2,3)12-8-11(17-13(16)18-12)9-4-6-10(15)7-5-9/h4-8H,1-3H3,(H2,16,17,18). The molecule has 0 saturated heterocycles. The van der Waals surface area contributed by atoms with Crippen molar-refractivity contribution in [3.05, 3.63) is 41.0 Å². The smallest absolute Gasteiger partial charge is 0.220 e. The molecule has 0 fully saturated rings. The van der Waals surface area contributed by atoms with E-state index in [9.17, 15) is 0 Å². The summed E-state index contributed by atoms with van der Waals surface area (Å²) in [5.74, 6) is 0.298. The second-order valence-electron chi connectivity index (χ2n) is 5.25. The van der Waals surface area contributed by atoms with Crippen LogP contribution in [0.1, 0.15) is 26.5 Å². The zero-order chi connectivity index (χ0) is 13.3. The molecule has 0 aliphatic heterocycles. The van der Waals surface area contributed by atoms with Crippen LogP contribution in [0.3, 0.4) is 0 Å². The van der Waals surface area contributed by atoms with Gasteiger partial charge < -0.3 is 5.73 Å². The summed E-state index contributed by atoms with van der Waals surface area (Å²) in [5.41, 5.74) is 8.46. The second-order valence-corrected chi connectivity index (χ2v) is 5.69. The molecule has 0 radical (unpaired) electrons. The van der Waals surface area contributed by atoms with Crippen molar-refractivity contribution in [2.45, 2.75) is 26.2 Å². The molecule has 1 aromatic carbocycles. The van der Waals surface area contributed by atoms with Crippen LogP contribution in [0.15, 0.2) is 30.3 Å². The summed E-state index contributed by atoms with van der Waals surface area (Å²) in [6, 6.07) is 9.50. The molecule has 0 aliphatic rings. The number of hydrogen-bond donors (Lipinski definition) is 1. The van der Waals surface area contributed by atoms with Gasteiger partial charge in [0.2, 0.25) is 5.95 Å². The van der Waals surface area contributed by atoms with Gasteiger partial charge in [-0.1, -0.05) is 44.5 Å². The van der Waals surface area contributed by atoms with E-state index in [1.807, 2.05) is 30.3 Å². The predicted octanol–water partition coefficient (Wildman–Crippen LogP) is 3.68. The van der Waals surface area contributed by atoms with Gasteiger partial charge in [0.25, 0.3) is 0 Å². The van der Waals surface area contributed by atoms with Crippen molar-refractivity contribution in [1.82, 2.24) is 9.97 Å². The minimum absolute atomic E-state index is 0.0573. The number of nitrogens with two attached hydrogens (primary N) is 1. The highest BCUT2D eigenvalue weighted by Gasteiger charge is 2.17. The molecule has 2 aromatic rings. The van der Waals surface area contributed by atoms with E-state index in [-0.39, 0.29) is 5.41 Å². The summed E-state index contributed by atoms with van der Waals surface area (Å²) in [4.78, 5) is 8.56. The SMILES string of the molecule is CC(C)(C)c1cc(-c2ccc(Cl)cc2)nc(N)n1. The van der Waals surface area contributed by atoms with E-state index < -0.39 is 0 Å². The quantitative estimate of drug-likeness (QED) is 0.852. The maximum atomic E-state index is 5.88. The van der Waals surface area contributed by atoms with Crippen LogP contribution >= 0.6 is 11.6 Å². The van der Waals surface area contributed by atoms with Crippen LogP contribution in [0.25, 0.3) is 11.3 Å². The predicted molar refractivity (Wildman–Crippen MR) is 75.6 cm³/mol. The zero-order valence-electron chi connectivity index (χ0n) is 10.7. The lowest BCUT2D eigenvalue weighted by Crippen LogP contribution is -2.15. The lowest BCUT2D eigenvalue weighted by Gasteiger charge is -2.18. The van der Waals surface area contributed by atoms with Gasteiger partial charge in [-0.15, -0.1) is 0 Å². The third kappa shape index (κ3) is 2.79. The normalized spacial score (nSPS) is 11.6. The van der Waals surface area contributed by atoms with E-state index in [4.69, 9.17) is 17.3 Å². The molecule has 94 valence electrons. The molecule has 2 rings (SSSR count). The Morgan fingerprint density at radius 1 is 1.06 bits per heavy atom. The number of benzene rings is 1. The lowest BCUT2D eigenvalue weighted by atomic mass is 9.91. The largest absolute Gasteiger partial charge is 0.368 e. The molecule has 2 N–H and O–H groups in total. The molecule has 0 amide bonds. The van der Waals surface area contributed by atoms with Crippen LogP contribution in [0.2, 0.25) is 5.02 Å². The Hall–Kier alpha value is -1.61. The molecule has 18 heavy (non-hydrogen) atoms. The molecule has 0 atom stereocenters. The van der Waals surface area contributed by atoms with Crippen molar-refractivity contribution in [1.29, 1.82) is 0 Å². The molecule has 1 heterocycles. The highest BCUT2D eigenvalue weighted by molar-refractivity contribution is 6.30. The Labute approximate surface area is 112 Å².